The highest BCUT2D eigenvalue weighted by Crippen LogP contribution is 2.20. The van der Waals surface area contributed by atoms with Gasteiger partial charge in [0.1, 0.15) is 5.65 Å². The summed E-state index contributed by atoms with van der Waals surface area (Å²) in [6, 6.07) is 7.66. The van der Waals surface area contributed by atoms with Gasteiger partial charge in [-0.1, -0.05) is 22.9 Å². The molecule has 0 atom stereocenters. The van der Waals surface area contributed by atoms with Crippen molar-refractivity contribution in [1.82, 2.24) is 14.2 Å². The average Bonchev–Trinajstić information content (AvgIpc) is 2.93. The lowest BCUT2D eigenvalue weighted by Gasteiger charge is -2.09. The summed E-state index contributed by atoms with van der Waals surface area (Å²) in [6.07, 6.45) is 1.63. The maximum absolute atomic E-state index is 12.7. The Bertz CT molecular complexity index is 882. The van der Waals surface area contributed by atoms with Gasteiger partial charge in [-0.3, -0.25) is 9.36 Å². The molecule has 3 aromatic rings. The van der Waals surface area contributed by atoms with Gasteiger partial charge in [-0.25, -0.2) is 4.52 Å². The Morgan fingerprint density at radius 3 is 2.86 bits per heavy atom. The van der Waals surface area contributed by atoms with Crippen molar-refractivity contribution < 1.29 is 4.74 Å². The third kappa shape index (κ3) is 2.57. The van der Waals surface area contributed by atoms with Crippen molar-refractivity contribution in [1.29, 1.82) is 0 Å². The first-order valence-corrected chi connectivity index (χ1v) is 8.14. The van der Waals surface area contributed by atoms with Crippen molar-refractivity contribution in [3.63, 3.8) is 0 Å². The zero-order valence-electron chi connectivity index (χ0n) is 12.7. The van der Waals surface area contributed by atoms with E-state index in [0.29, 0.717) is 18.5 Å². The lowest BCUT2D eigenvalue weighted by molar-refractivity contribution is 0.201. The quantitative estimate of drug-likeness (QED) is 0.699. The highest BCUT2D eigenvalue weighted by atomic mass is 79.9. The molecule has 0 aliphatic rings. The molecule has 0 amide bonds. The molecule has 0 N–H and O–H groups in total. The van der Waals surface area contributed by atoms with Gasteiger partial charge in [-0.05, 0) is 24.6 Å². The lowest BCUT2D eigenvalue weighted by atomic mass is 10.2. The zero-order chi connectivity index (χ0) is 15.7. The van der Waals surface area contributed by atoms with Crippen molar-refractivity contribution in [2.45, 2.75) is 26.3 Å². The summed E-state index contributed by atoms with van der Waals surface area (Å²) >= 11 is 3.47. The van der Waals surface area contributed by atoms with Crippen LogP contribution in [0.15, 0.2) is 33.5 Å². The van der Waals surface area contributed by atoms with Crippen LogP contribution in [-0.2, 0) is 17.7 Å². The van der Waals surface area contributed by atoms with Gasteiger partial charge in [0, 0.05) is 30.6 Å². The van der Waals surface area contributed by atoms with E-state index in [1.165, 1.54) is 0 Å². The number of benzene rings is 1. The first kappa shape index (κ1) is 15.2. The number of fused-ring (bicyclic) bond motifs is 3. The van der Waals surface area contributed by atoms with Crippen LogP contribution in [0.4, 0.5) is 0 Å². The fraction of sp³-hybridized carbons (Fsp3) is 0.375. The Kier molecular flexibility index (Phi) is 4.31. The molecule has 0 radical (unpaired) electrons. The number of halogens is 1. The molecule has 0 aliphatic heterocycles. The first-order chi connectivity index (χ1) is 10.7. The number of hydrogen-bond donors (Lipinski definition) is 0. The Morgan fingerprint density at radius 2 is 2.14 bits per heavy atom. The first-order valence-electron chi connectivity index (χ1n) is 7.35. The molecular weight excluding hydrogens is 346 g/mol. The minimum Gasteiger partial charge on any atom is -0.384 e. The SMILES string of the molecule is CCCn1c(=O)c2ccc(Br)cc2n2nc(CCOC)cc12. The third-order valence-corrected chi connectivity index (χ3v) is 4.18. The van der Waals surface area contributed by atoms with E-state index < -0.39 is 0 Å². The number of aryl methyl sites for hydroxylation is 1. The Balaban J connectivity index is 2.34. The van der Waals surface area contributed by atoms with E-state index in [2.05, 4.69) is 28.0 Å². The highest BCUT2D eigenvalue weighted by molar-refractivity contribution is 9.10. The molecule has 0 aliphatic carbocycles. The van der Waals surface area contributed by atoms with E-state index >= 15 is 0 Å². The molecule has 3 rings (SSSR count). The van der Waals surface area contributed by atoms with Gasteiger partial charge in [-0.15, -0.1) is 0 Å². The molecule has 0 saturated heterocycles. The lowest BCUT2D eigenvalue weighted by Crippen LogP contribution is -2.22. The van der Waals surface area contributed by atoms with E-state index in [1.807, 2.05) is 28.8 Å². The molecule has 2 aromatic heterocycles. The molecule has 116 valence electrons. The highest BCUT2D eigenvalue weighted by Gasteiger charge is 2.13. The predicted octanol–water partition coefficient (Wildman–Crippen LogP) is 3.01. The fourth-order valence-electron chi connectivity index (χ4n) is 2.67. The van der Waals surface area contributed by atoms with Gasteiger partial charge in [0.15, 0.2) is 0 Å². The molecule has 0 fully saturated rings. The Labute approximate surface area is 136 Å². The van der Waals surface area contributed by atoms with Gasteiger partial charge >= 0.3 is 0 Å². The smallest absolute Gasteiger partial charge is 0.261 e. The van der Waals surface area contributed by atoms with Crippen LogP contribution < -0.4 is 5.56 Å². The second-order valence-corrected chi connectivity index (χ2v) is 6.18. The van der Waals surface area contributed by atoms with Crippen LogP contribution in [0.25, 0.3) is 16.6 Å². The predicted molar refractivity (Wildman–Crippen MR) is 90.5 cm³/mol. The van der Waals surface area contributed by atoms with Gasteiger partial charge in [0.2, 0.25) is 0 Å². The van der Waals surface area contributed by atoms with Crippen LogP contribution in [0, 0.1) is 0 Å². The number of ether oxygens (including phenoxy) is 1. The van der Waals surface area contributed by atoms with E-state index in [0.717, 1.165) is 34.2 Å². The topological polar surface area (TPSA) is 48.5 Å². The summed E-state index contributed by atoms with van der Waals surface area (Å²) in [7, 11) is 1.68. The standard InChI is InChI=1S/C16H18BrN3O2/c1-3-7-19-15-10-12(6-8-22-2)18-20(15)14-9-11(17)4-5-13(14)16(19)21/h4-5,9-10H,3,6-8H2,1-2H3. The summed E-state index contributed by atoms with van der Waals surface area (Å²) < 4.78 is 9.73. The summed E-state index contributed by atoms with van der Waals surface area (Å²) in [5.41, 5.74) is 2.63. The minimum absolute atomic E-state index is 0.0371. The van der Waals surface area contributed by atoms with Gasteiger partial charge in [0.05, 0.1) is 23.2 Å². The molecule has 0 spiro atoms. The zero-order valence-corrected chi connectivity index (χ0v) is 14.3. The molecule has 0 saturated carbocycles. The van der Waals surface area contributed by atoms with E-state index in [1.54, 1.807) is 11.7 Å². The summed E-state index contributed by atoms with van der Waals surface area (Å²) in [6.45, 7) is 3.37. The van der Waals surface area contributed by atoms with E-state index in [4.69, 9.17) is 4.74 Å². The number of methoxy groups -OCH3 is 1. The number of rotatable bonds is 5. The van der Waals surface area contributed by atoms with Crippen LogP contribution in [-0.4, -0.2) is 27.9 Å². The molecule has 0 bridgehead atoms. The maximum atomic E-state index is 12.7. The van der Waals surface area contributed by atoms with Crippen LogP contribution >= 0.6 is 15.9 Å². The van der Waals surface area contributed by atoms with E-state index in [-0.39, 0.29) is 5.56 Å². The van der Waals surface area contributed by atoms with Gasteiger partial charge in [-0.2, -0.15) is 5.10 Å². The molecular formula is C16H18BrN3O2. The number of nitrogens with zero attached hydrogens (tertiary/aromatic N) is 3. The molecule has 22 heavy (non-hydrogen) atoms. The van der Waals surface area contributed by atoms with E-state index in [9.17, 15) is 4.79 Å². The van der Waals surface area contributed by atoms with Gasteiger partial charge in [0.25, 0.3) is 5.56 Å². The van der Waals surface area contributed by atoms with Crippen LogP contribution in [0.1, 0.15) is 19.0 Å². The summed E-state index contributed by atoms with van der Waals surface area (Å²) in [5, 5.41) is 5.35. The Hall–Kier alpha value is -1.66. The van der Waals surface area contributed by atoms with Crippen molar-refractivity contribution >= 4 is 32.5 Å². The second-order valence-electron chi connectivity index (χ2n) is 5.27. The second kappa shape index (κ2) is 6.22. The average molecular weight is 364 g/mol. The normalized spacial score (nSPS) is 11.6. The van der Waals surface area contributed by atoms with Gasteiger partial charge < -0.3 is 4.74 Å². The summed E-state index contributed by atoms with van der Waals surface area (Å²) in [5.74, 6) is 0. The fourth-order valence-corrected chi connectivity index (χ4v) is 3.02. The van der Waals surface area contributed by atoms with Crippen molar-refractivity contribution in [3.8, 4) is 0 Å². The molecule has 0 unspecified atom stereocenters. The monoisotopic (exact) mass is 363 g/mol. The molecule has 2 heterocycles. The maximum Gasteiger partial charge on any atom is 0.261 e. The van der Waals surface area contributed by atoms with Crippen molar-refractivity contribution in [2.75, 3.05) is 13.7 Å². The van der Waals surface area contributed by atoms with Crippen LogP contribution in [0.5, 0.6) is 0 Å². The van der Waals surface area contributed by atoms with Crippen molar-refractivity contribution in [2.24, 2.45) is 0 Å². The molecule has 1 aromatic carbocycles. The van der Waals surface area contributed by atoms with Crippen molar-refractivity contribution in [3.05, 3.63) is 44.8 Å². The number of hydrogen-bond acceptors (Lipinski definition) is 3. The van der Waals surface area contributed by atoms with Crippen LogP contribution in [0.3, 0.4) is 0 Å². The summed E-state index contributed by atoms with van der Waals surface area (Å²) in [4.78, 5) is 12.7. The largest absolute Gasteiger partial charge is 0.384 e. The Morgan fingerprint density at radius 1 is 1.32 bits per heavy atom. The molecule has 5 nitrogen and oxygen atoms in total. The minimum atomic E-state index is 0.0371. The number of aromatic nitrogens is 3. The third-order valence-electron chi connectivity index (χ3n) is 3.69. The molecule has 6 heteroatoms. The van der Waals surface area contributed by atoms with Crippen LogP contribution in [0.2, 0.25) is 0 Å².